The fourth-order valence-electron chi connectivity index (χ4n) is 0.750. The summed E-state index contributed by atoms with van der Waals surface area (Å²) in [5.41, 5.74) is -0.832. The normalized spacial score (nSPS) is 34.1. The zero-order chi connectivity index (χ0) is 7.78. The van der Waals surface area contributed by atoms with E-state index < -0.39 is 5.60 Å². The second kappa shape index (κ2) is 2.27. The van der Waals surface area contributed by atoms with Crippen molar-refractivity contribution in [1.82, 2.24) is 0 Å². The number of ketones is 1. The Bertz CT molecular complexity index is 186. The number of rotatable bonds is 1. The average Bonchev–Trinajstić information content (AvgIpc) is 2.15. The summed E-state index contributed by atoms with van der Waals surface area (Å²) in [7, 11) is 0. The molecule has 1 aliphatic rings. The van der Waals surface area contributed by atoms with Crippen LogP contribution in [-0.2, 0) is 9.53 Å². The molecule has 1 aliphatic heterocycles. The number of hydrogen-bond donors (Lipinski definition) is 0. The molecule has 0 spiro atoms. The summed E-state index contributed by atoms with van der Waals surface area (Å²) in [6.07, 6.45) is 2.79. The van der Waals surface area contributed by atoms with Gasteiger partial charge in [-0.1, -0.05) is 0 Å². The van der Waals surface area contributed by atoms with Crippen molar-refractivity contribution in [3.8, 4) is 0 Å². The molecule has 0 saturated carbocycles. The maximum Gasteiger partial charge on any atom is 0.203 e. The molecule has 2 nitrogen and oxygen atoms in total. The van der Waals surface area contributed by atoms with Gasteiger partial charge < -0.3 is 4.74 Å². The Balaban J connectivity index is 2.81. The molecule has 0 N–H and O–H groups in total. The molecule has 0 fully saturated rings. The van der Waals surface area contributed by atoms with Crippen LogP contribution in [-0.4, -0.2) is 16.8 Å². The topological polar surface area (TPSA) is 26.3 Å². The van der Waals surface area contributed by atoms with Crippen LogP contribution in [0.5, 0.6) is 0 Å². The van der Waals surface area contributed by atoms with Crippen molar-refractivity contribution < 1.29 is 9.53 Å². The van der Waals surface area contributed by atoms with Crippen LogP contribution < -0.4 is 0 Å². The summed E-state index contributed by atoms with van der Waals surface area (Å²) in [6.45, 7) is 3.43. The molecule has 0 radical (unpaired) electrons. The van der Waals surface area contributed by atoms with Gasteiger partial charge in [-0.2, -0.15) is 0 Å². The third kappa shape index (κ3) is 0.926. The van der Waals surface area contributed by atoms with Gasteiger partial charge in [-0.05, 0) is 13.8 Å². The van der Waals surface area contributed by atoms with Gasteiger partial charge in [0.05, 0.1) is 11.6 Å². The van der Waals surface area contributed by atoms with E-state index in [0.29, 0.717) is 0 Å². The Morgan fingerprint density at radius 2 is 2.40 bits per heavy atom. The highest BCUT2D eigenvalue weighted by Crippen LogP contribution is 2.26. The Kier molecular flexibility index (Phi) is 1.73. The molecule has 0 aromatic rings. The number of carbonyl (C=O) groups is 1. The van der Waals surface area contributed by atoms with Gasteiger partial charge in [0.2, 0.25) is 5.78 Å². The first-order valence-electron chi connectivity index (χ1n) is 3.10. The second-order valence-electron chi connectivity index (χ2n) is 2.51. The highest BCUT2D eigenvalue weighted by Gasteiger charge is 2.40. The van der Waals surface area contributed by atoms with E-state index in [4.69, 9.17) is 16.3 Å². The molecule has 0 amide bonds. The molecule has 1 heterocycles. The lowest BCUT2D eigenvalue weighted by Crippen LogP contribution is -2.40. The zero-order valence-corrected chi connectivity index (χ0v) is 6.68. The standard InChI is InChI=1S/C7H9ClO2/c1-5(8)7(2)6(9)3-4-10-7/h3-5H,1-2H3/t5-,7-/m1/s1. The maximum absolute atomic E-state index is 11.0. The van der Waals surface area contributed by atoms with E-state index in [1.807, 2.05) is 0 Å². The van der Waals surface area contributed by atoms with Crippen molar-refractivity contribution in [3.63, 3.8) is 0 Å². The molecule has 0 bridgehead atoms. The summed E-state index contributed by atoms with van der Waals surface area (Å²) >= 11 is 5.73. The lowest BCUT2D eigenvalue weighted by Gasteiger charge is -2.24. The minimum absolute atomic E-state index is 0.0602. The van der Waals surface area contributed by atoms with Gasteiger partial charge in [-0.3, -0.25) is 4.79 Å². The summed E-state index contributed by atoms with van der Waals surface area (Å²) < 4.78 is 5.05. The smallest absolute Gasteiger partial charge is 0.203 e. The first-order valence-corrected chi connectivity index (χ1v) is 3.54. The van der Waals surface area contributed by atoms with Gasteiger partial charge in [-0.25, -0.2) is 0 Å². The lowest BCUT2D eigenvalue weighted by molar-refractivity contribution is -0.127. The number of ether oxygens (including phenoxy) is 1. The Labute approximate surface area is 64.8 Å². The molecule has 56 valence electrons. The van der Waals surface area contributed by atoms with Crippen LogP contribution in [0.15, 0.2) is 12.3 Å². The minimum Gasteiger partial charge on any atom is -0.485 e. The van der Waals surface area contributed by atoms with Gasteiger partial charge in [0.1, 0.15) is 0 Å². The fraction of sp³-hybridized carbons (Fsp3) is 0.571. The van der Waals surface area contributed by atoms with Crippen molar-refractivity contribution in [2.24, 2.45) is 0 Å². The van der Waals surface area contributed by atoms with Crippen molar-refractivity contribution in [2.75, 3.05) is 0 Å². The van der Waals surface area contributed by atoms with E-state index in [0.717, 1.165) is 0 Å². The second-order valence-corrected chi connectivity index (χ2v) is 3.16. The predicted octanol–water partition coefficient (Wildman–Crippen LogP) is 1.49. The molecular weight excluding hydrogens is 152 g/mol. The third-order valence-electron chi connectivity index (χ3n) is 1.78. The van der Waals surface area contributed by atoms with Crippen molar-refractivity contribution >= 4 is 17.4 Å². The quantitative estimate of drug-likeness (QED) is 0.544. The Morgan fingerprint density at radius 1 is 1.80 bits per heavy atom. The van der Waals surface area contributed by atoms with Gasteiger partial charge in [-0.15, -0.1) is 11.6 Å². The molecule has 2 atom stereocenters. The molecule has 10 heavy (non-hydrogen) atoms. The lowest BCUT2D eigenvalue weighted by atomic mass is 9.99. The van der Waals surface area contributed by atoms with Crippen molar-refractivity contribution in [2.45, 2.75) is 24.8 Å². The van der Waals surface area contributed by atoms with Crippen LogP contribution >= 0.6 is 11.6 Å². The first kappa shape index (κ1) is 7.61. The third-order valence-corrected chi connectivity index (χ3v) is 2.20. The van der Waals surface area contributed by atoms with Gasteiger partial charge in [0, 0.05) is 6.08 Å². The van der Waals surface area contributed by atoms with Crippen LogP contribution in [0.4, 0.5) is 0 Å². The zero-order valence-electron chi connectivity index (χ0n) is 5.93. The molecular formula is C7H9ClO2. The molecule has 0 unspecified atom stereocenters. The number of hydrogen-bond acceptors (Lipinski definition) is 2. The fourth-order valence-corrected chi connectivity index (χ4v) is 0.909. The van der Waals surface area contributed by atoms with Crippen LogP contribution in [0.1, 0.15) is 13.8 Å². The molecule has 1 rings (SSSR count). The van der Waals surface area contributed by atoms with Crippen LogP contribution in [0.3, 0.4) is 0 Å². The Morgan fingerprint density at radius 3 is 2.60 bits per heavy atom. The van der Waals surface area contributed by atoms with Gasteiger partial charge >= 0.3 is 0 Å². The summed E-state index contributed by atoms with van der Waals surface area (Å²) in [5, 5.41) is -0.296. The van der Waals surface area contributed by atoms with E-state index in [2.05, 4.69) is 0 Å². The Hall–Kier alpha value is -0.500. The number of halogens is 1. The van der Waals surface area contributed by atoms with Gasteiger partial charge in [0.15, 0.2) is 5.60 Å². The number of carbonyl (C=O) groups excluding carboxylic acids is 1. The van der Waals surface area contributed by atoms with Crippen LogP contribution in [0.2, 0.25) is 0 Å². The van der Waals surface area contributed by atoms with Crippen LogP contribution in [0, 0.1) is 0 Å². The van der Waals surface area contributed by atoms with E-state index in [-0.39, 0.29) is 11.2 Å². The highest BCUT2D eigenvalue weighted by atomic mass is 35.5. The summed E-state index contributed by atoms with van der Waals surface area (Å²) in [5.74, 6) is -0.0602. The number of alkyl halides is 1. The van der Waals surface area contributed by atoms with Crippen molar-refractivity contribution in [3.05, 3.63) is 12.3 Å². The molecule has 3 heteroatoms. The van der Waals surface area contributed by atoms with E-state index in [1.54, 1.807) is 13.8 Å². The van der Waals surface area contributed by atoms with E-state index in [1.165, 1.54) is 12.3 Å². The minimum atomic E-state index is -0.832. The molecule has 0 aliphatic carbocycles. The van der Waals surface area contributed by atoms with E-state index >= 15 is 0 Å². The maximum atomic E-state index is 11.0. The summed E-state index contributed by atoms with van der Waals surface area (Å²) in [6, 6.07) is 0. The molecule has 0 aromatic carbocycles. The largest absolute Gasteiger partial charge is 0.485 e. The van der Waals surface area contributed by atoms with Gasteiger partial charge in [0.25, 0.3) is 0 Å². The van der Waals surface area contributed by atoms with E-state index in [9.17, 15) is 4.79 Å². The SMILES string of the molecule is C[C@@H](Cl)[C@@]1(C)OC=CC1=O. The van der Waals surface area contributed by atoms with Crippen molar-refractivity contribution in [1.29, 1.82) is 0 Å². The molecule has 0 saturated heterocycles. The molecule has 0 aromatic heterocycles. The van der Waals surface area contributed by atoms with Crippen LogP contribution in [0.25, 0.3) is 0 Å². The monoisotopic (exact) mass is 160 g/mol. The predicted molar refractivity (Wildman–Crippen MR) is 39.0 cm³/mol. The first-order chi connectivity index (χ1) is 4.57. The summed E-state index contributed by atoms with van der Waals surface area (Å²) in [4.78, 5) is 11.0. The average molecular weight is 161 g/mol. The highest BCUT2D eigenvalue weighted by molar-refractivity contribution is 6.24.